The summed E-state index contributed by atoms with van der Waals surface area (Å²) in [6.07, 6.45) is 1.62. The molecule has 1 amide bonds. The third-order valence-electron chi connectivity index (χ3n) is 5.99. The topological polar surface area (TPSA) is 77.1 Å². The van der Waals surface area contributed by atoms with Crippen LogP contribution in [0.5, 0.6) is 0 Å². The molecule has 1 aliphatic rings. The van der Waals surface area contributed by atoms with E-state index >= 15 is 0 Å². The van der Waals surface area contributed by atoms with Crippen molar-refractivity contribution in [1.82, 2.24) is 24.9 Å². The number of nitrogens with zero attached hydrogens (tertiary/aromatic N) is 5. The van der Waals surface area contributed by atoms with Crippen LogP contribution in [0.25, 0.3) is 22.5 Å². The summed E-state index contributed by atoms with van der Waals surface area (Å²) in [5.41, 5.74) is 3.61. The number of carbonyl (C=O) groups is 1. The number of likely N-dealkylation sites (tertiary alicyclic amines) is 1. The Morgan fingerprint density at radius 1 is 1.03 bits per heavy atom. The van der Waals surface area contributed by atoms with Crippen molar-refractivity contribution in [3.05, 3.63) is 77.5 Å². The maximum atomic E-state index is 13.2. The highest BCUT2D eigenvalue weighted by atomic mass is 35.5. The van der Waals surface area contributed by atoms with Crippen molar-refractivity contribution in [3.63, 3.8) is 0 Å². The van der Waals surface area contributed by atoms with Crippen LogP contribution in [0.2, 0.25) is 5.02 Å². The van der Waals surface area contributed by atoms with E-state index in [-0.39, 0.29) is 18.4 Å². The van der Waals surface area contributed by atoms with E-state index in [0.29, 0.717) is 29.9 Å². The molecule has 0 atom stereocenters. The van der Waals surface area contributed by atoms with Crippen LogP contribution < -0.4 is 0 Å². The molecular formula is C25H24ClN5O2. The van der Waals surface area contributed by atoms with Crippen LogP contribution in [0.4, 0.5) is 0 Å². The van der Waals surface area contributed by atoms with Crippen LogP contribution in [0.3, 0.4) is 0 Å². The van der Waals surface area contributed by atoms with E-state index in [0.717, 1.165) is 35.4 Å². The normalized spacial score (nSPS) is 14.5. The zero-order valence-electron chi connectivity index (χ0n) is 18.3. The SMILES string of the molecule is Cc1nnc(C2CCN(C(=O)Cn3nc(-c4cccc(Cl)c4)cc3-c3ccccc3)CC2)o1. The third kappa shape index (κ3) is 4.68. The molecule has 1 fully saturated rings. The van der Waals surface area contributed by atoms with Crippen molar-refractivity contribution in [2.45, 2.75) is 32.2 Å². The van der Waals surface area contributed by atoms with E-state index in [9.17, 15) is 4.79 Å². The molecule has 0 aliphatic carbocycles. The molecule has 2 aromatic carbocycles. The monoisotopic (exact) mass is 461 g/mol. The highest BCUT2D eigenvalue weighted by Gasteiger charge is 2.27. The van der Waals surface area contributed by atoms with Crippen molar-refractivity contribution in [1.29, 1.82) is 0 Å². The molecule has 0 unspecified atom stereocenters. The van der Waals surface area contributed by atoms with Crippen LogP contribution in [0, 0.1) is 6.92 Å². The Labute approximate surface area is 197 Å². The van der Waals surface area contributed by atoms with E-state index in [1.54, 1.807) is 11.6 Å². The largest absolute Gasteiger partial charge is 0.425 e. The minimum Gasteiger partial charge on any atom is -0.425 e. The van der Waals surface area contributed by atoms with Crippen LogP contribution in [0.15, 0.2) is 65.1 Å². The first-order chi connectivity index (χ1) is 16.1. The van der Waals surface area contributed by atoms with Gasteiger partial charge in [0.2, 0.25) is 17.7 Å². The van der Waals surface area contributed by atoms with Crippen molar-refractivity contribution in [3.8, 4) is 22.5 Å². The lowest BCUT2D eigenvalue weighted by atomic mass is 9.97. The van der Waals surface area contributed by atoms with Gasteiger partial charge >= 0.3 is 0 Å². The number of piperidine rings is 1. The lowest BCUT2D eigenvalue weighted by molar-refractivity contribution is -0.133. The smallest absolute Gasteiger partial charge is 0.244 e. The van der Waals surface area contributed by atoms with Gasteiger partial charge in [0, 0.05) is 36.5 Å². The van der Waals surface area contributed by atoms with Gasteiger partial charge in [-0.2, -0.15) is 5.10 Å². The first-order valence-corrected chi connectivity index (χ1v) is 11.4. The second kappa shape index (κ2) is 9.19. The van der Waals surface area contributed by atoms with Crippen molar-refractivity contribution in [2.75, 3.05) is 13.1 Å². The predicted octanol–water partition coefficient (Wildman–Crippen LogP) is 4.97. The molecule has 0 radical (unpaired) electrons. The van der Waals surface area contributed by atoms with Gasteiger partial charge in [0.25, 0.3) is 0 Å². The minimum atomic E-state index is 0.0492. The van der Waals surface area contributed by atoms with Gasteiger partial charge in [0.1, 0.15) is 6.54 Å². The van der Waals surface area contributed by atoms with Crippen LogP contribution in [-0.2, 0) is 11.3 Å². The van der Waals surface area contributed by atoms with Crippen molar-refractivity contribution < 1.29 is 9.21 Å². The van der Waals surface area contributed by atoms with Gasteiger partial charge in [0.15, 0.2) is 0 Å². The number of carbonyl (C=O) groups excluding carboxylic acids is 1. The van der Waals surface area contributed by atoms with Gasteiger partial charge in [-0.1, -0.05) is 54.1 Å². The fourth-order valence-corrected chi connectivity index (χ4v) is 4.44. The zero-order valence-corrected chi connectivity index (χ0v) is 19.1. The summed E-state index contributed by atoms with van der Waals surface area (Å²) in [7, 11) is 0. The first-order valence-electron chi connectivity index (χ1n) is 11.0. The van der Waals surface area contributed by atoms with Gasteiger partial charge in [-0.05, 0) is 36.6 Å². The molecular weight excluding hydrogens is 438 g/mol. The molecule has 168 valence electrons. The Hall–Kier alpha value is -3.45. The average Bonchev–Trinajstić information content (AvgIpc) is 3.46. The number of aromatic nitrogens is 4. The maximum absolute atomic E-state index is 13.2. The molecule has 0 N–H and O–H groups in total. The molecule has 1 aliphatic heterocycles. The van der Waals surface area contributed by atoms with Gasteiger partial charge < -0.3 is 9.32 Å². The van der Waals surface area contributed by atoms with Crippen molar-refractivity contribution >= 4 is 17.5 Å². The third-order valence-corrected chi connectivity index (χ3v) is 6.23. The lowest BCUT2D eigenvalue weighted by Crippen LogP contribution is -2.40. The van der Waals surface area contributed by atoms with Gasteiger partial charge in [-0.25, -0.2) is 0 Å². The maximum Gasteiger partial charge on any atom is 0.244 e. The molecule has 0 saturated carbocycles. The fraction of sp³-hybridized carbons (Fsp3) is 0.280. The van der Waals surface area contributed by atoms with E-state index in [2.05, 4.69) is 10.2 Å². The highest BCUT2D eigenvalue weighted by molar-refractivity contribution is 6.30. The number of rotatable bonds is 5. The van der Waals surface area contributed by atoms with Gasteiger partial charge in [-0.3, -0.25) is 9.48 Å². The lowest BCUT2D eigenvalue weighted by Gasteiger charge is -2.30. The minimum absolute atomic E-state index is 0.0492. The standard InChI is InChI=1S/C25H24ClN5O2/c1-17-27-28-25(33-17)19-10-12-30(13-11-19)24(32)16-31-23(18-6-3-2-4-7-18)15-22(29-31)20-8-5-9-21(26)14-20/h2-9,14-15,19H,10-13,16H2,1H3. The van der Waals surface area contributed by atoms with E-state index in [1.807, 2.05) is 65.6 Å². The Morgan fingerprint density at radius 3 is 2.48 bits per heavy atom. The molecule has 3 heterocycles. The molecule has 1 saturated heterocycles. The Bertz CT molecular complexity index is 1260. The molecule has 7 nitrogen and oxygen atoms in total. The molecule has 2 aromatic heterocycles. The number of benzene rings is 2. The summed E-state index contributed by atoms with van der Waals surface area (Å²) in [5, 5.41) is 13.5. The number of hydrogen-bond donors (Lipinski definition) is 0. The predicted molar refractivity (Wildman–Crippen MR) is 126 cm³/mol. The summed E-state index contributed by atoms with van der Waals surface area (Å²) >= 11 is 6.19. The molecule has 8 heteroatoms. The number of amides is 1. The summed E-state index contributed by atoms with van der Waals surface area (Å²) in [6, 6.07) is 19.6. The molecule has 0 spiro atoms. The van der Waals surface area contributed by atoms with E-state index < -0.39 is 0 Å². The fourth-order valence-electron chi connectivity index (χ4n) is 4.25. The second-order valence-corrected chi connectivity index (χ2v) is 8.70. The van der Waals surface area contributed by atoms with Gasteiger partial charge in [-0.15, -0.1) is 10.2 Å². The number of hydrogen-bond acceptors (Lipinski definition) is 5. The summed E-state index contributed by atoms with van der Waals surface area (Å²) < 4.78 is 7.38. The molecule has 0 bridgehead atoms. The van der Waals surface area contributed by atoms with Crippen LogP contribution >= 0.6 is 11.6 Å². The average molecular weight is 462 g/mol. The van der Waals surface area contributed by atoms with Crippen LogP contribution in [0.1, 0.15) is 30.5 Å². The van der Waals surface area contributed by atoms with Crippen molar-refractivity contribution in [2.24, 2.45) is 0 Å². The highest BCUT2D eigenvalue weighted by Crippen LogP contribution is 2.29. The summed E-state index contributed by atoms with van der Waals surface area (Å²) in [5.74, 6) is 1.50. The molecule has 5 rings (SSSR count). The van der Waals surface area contributed by atoms with E-state index in [4.69, 9.17) is 21.1 Å². The Kier molecular flexibility index (Phi) is 5.96. The first kappa shape index (κ1) is 21.4. The zero-order chi connectivity index (χ0) is 22.8. The Balaban J connectivity index is 1.35. The Morgan fingerprint density at radius 2 is 1.79 bits per heavy atom. The van der Waals surface area contributed by atoms with Gasteiger partial charge in [0.05, 0.1) is 11.4 Å². The quantitative estimate of drug-likeness (QED) is 0.419. The van der Waals surface area contributed by atoms with Crippen LogP contribution in [-0.4, -0.2) is 43.9 Å². The summed E-state index contributed by atoms with van der Waals surface area (Å²) in [6.45, 7) is 3.29. The second-order valence-electron chi connectivity index (χ2n) is 8.26. The molecule has 33 heavy (non-hydrogen) atoms. The number of aryl methyl sites for hydroxylation is 1. The van der Waals surface area contributed by atoms with E-state index in [1.165, 1.54) is 0 Å². The molecule has 4 aromatic rings. The number of halogens is 1. The summed E-state index contributed by atoms with van der Waals surface area (Å²) in [4.78, 5) is 15.1.